The first kappa shape index (κ1) is 20.7. The lowest BCUT2D eigenvalue weighted by Crippen LogP contribution is -2.41. The number of rotatable bonds is 4. The van der Waals surface area contributed by atoms with Crippen LogP contribution in [0.1, 0.15) is 33.3 Å². The average molecular weight is 429 g/mol. The summed E-state index contributed by atoms with van der Waals surface area (Å²) in [6, 6.07) is 18.0. The lowest BCUT2D eigenvalue weighted by molar-refractivity contribution is 0.00578. The van der Waals surface area contributed by atoms with Crippen molar-refractivity contribution in [2.75, 3.05) is 0 Å². The molecule has 0 spiro atoms. The molecule has 162 valence electrons. The third-order valence-corrected chi connectivity index (χ3v) is 6.28. The van der Waals surface area contributed by atoms with Crippen molar-refractivity contribution in [3.05, 3.63) is 76.5 Å². The molecule has 0 radical (unpaired) electrons. The third kappa shape index (κ3) is 3.68. The number of nitrogens with zero attached hydrogens (tertiary/aromatic N) is 1. The van der Waals surface area contributed by atoms with Gasteiger partial charge in [-0.15, -0.1) is 0 Å². The van der Waals surface area contributed by atoms with Gasteiger partial charge in [0.1, 0.15) is 23.6 Å². The Hall–Kier alpha value is -3.16. The molecule has 7 heteroatoms. The second-order valence-electron chi connectivity index (χ2n) is 9.05. The Morgan fingerprint density at radius 3 is 2.47 bits per heavy atom. The Labute approximate surface area is 186 Å². The molecule has 2 aliphatic heterocycles. The Morgan fingerprint density at radius 1 is 0.938 bits per heavy atom. The Balaban J connectivity index is 1.40. The third-order valence-electron chi connectivity index (χ3n) is 6.28. The maximum absolute atomic E-state index is 11.6. The van der Waals surface area contributed by atoms with E-state index < -0.39 is 18.3 Å². The van der Waals surface area contributed by atoms with E-state index in [1.54, 1.807) is 12.1 Å². The van der Waals surface area contributed by atoms with Gasteiger partial charge in [-0.1, -0.05) is 24.3 Å². The first-order chi connectivity index (χ1) is 15.2. The van der Waals surface area contributed by atoms with Gasteiger partial charge < -0.3 is 18.5 Å². The van der Waals surface area contributed by atoms with E-state index >= 15 is 0 Å². The Morgan fingerprint density at radius 2 is 1.69 bits per heavy atom. The molecule has 0 aromatic heterocycles. The molecular weight excluding hydrogens is 405 g/mol. The lowest BCUT2D eigenvalue weighted by atomic mass is 9.76. The fraction of sp³-hybridized carbons (Fsp3) is 0.280. The lowest BCUT2D eigenvalue weighted by Gasteiger charge is -2.32. The standard InChI is InChI=1S/C25H24BNO5/c1-24(2)25(3,4)32-26(31-24)19-8-6-5-7-16(19)15-29-18-10-12-21-23(14-18)30-22-13-17(28)9-11-20(22)27-21/h5-14H,15H2,1-4H3. The van der Waals surface area contributed by atoms with Gasteiger partial charge in [-0.3, -0.25) is 4.79 Å². The predicted octanol–water partition coefficient (Wildman–Crippen LogP) is 4.17. The van der Waals surface area contributed by atoms with Crippen LogP contribution in [0.4, 0.5) is 0 Å². The molecule has 2 aromatic carbocycles. The van der Waals surface area contributed by atoms with E-state index in [9.17, 15) is 4.79 Å². The summed E-state index contributed by atoms with van der Waals surface area (Å²) >= 11 is 0. The minimum atomic E-state index is -0.455. The second-order valence-corrected chi connectivity index (χ2v) is 9.05. The van der Waals surface area contributed by atoms with Gasteiger partial charge in [0.25, 0.3) is 0 Å². The van der Waals surface area contributed by atoms with Crippen molar-refractivity contribution >= 4 is 23.7 Å². The highest BCUT2D eigenvalue weighted by molar-refractivity contribution is 6.62. The number of fused-ring (bicyclic) bond motifs is 2. The predicted molar refractivity (Wildman–Crippen MR) is 123 cm³/mol. The smallest absolute Gasteiger partial charge is 0.489 e. The summed E-state index contributed by atoms with van der Waals surface area (Å²) in [6.07, 6.45) is 0. The summed E-state index contributed by atoms with van der Waals surface area (Å²) in [5.41, 5.74) is 2.89. The first-order valence-corrected chi connectivity index (χ1v) is 10.6. The van der Waals surface area contributed by atoms with Crippen LogP contribution in [0.2, 0.25) is 0 Å². The summed E-state index contributed by atoms with van der Waals surface area (Å²) < 4.78 is 24.4. The van der Waals surface area contributed by atoms with Crippen LogP contribution in [0.15, 0.2) is 69.9 Å². The molecule has 0 N–H and O–H groups in total. The SMILES string of the molecule is CC1(C)OB(c2ccccc2COc2ccc3nc4ccc(=O)cc-4oc3c2)OC1(C)C. The number of hydrogen-bond donors (Lipinski definition) is 0. The van der Waals surface area contributed by atoms with E-state index in [0.717, 1.165) is 11.0 Å². The Bertz CT molecular complexity index is 1310. The Kier molecular flexibility index (Phi) is 4.84. The van der Waals surface area contributed by atoms with Crippen LogP contribution in [0.25, 0.3) is 22.6 Å². The monoisotopic (exact) mass is 429 g/mol. The molecule has 0 bridgehead atoms. The molecule has 5 rings (SSSR count). The highest BCUT2D eigenvalue weighted by Crippen LogP contribution is 2.36. The zero-order valence-electron chi connectivity index (χ0n) is 18.5. The highest BCUT2D eigenvalue weighted by atomic mass is 16.7. The quantitative estimate of drug-likeness (QED) is 0.358. The average Bonchev–Trinajstić information content (AvgIpc) is 2.97. The van der Waals surface area contributed by atoms with E-state index in [-0.39, 0.29) is 5.43 Å². The molecule has 2 heterocycles. The highest BCUT2D eigenvalue weighted by Gasteiger charge is 2.52. The first-order valence-electron chi connectivity index (χ1n) is 10.6. The van der Waals surface area contributed by atoms with Crippen LogP contribution in [0, 0.1) is 0 Å². The summed E-state index contributed by atoms with van der Waals surface area (Å²) in [7, 11) is -0.455. The summed E-state index contributed by atoms with van der Waals surface area (Å²) in [5, 5.41) is 0. The van der Waals surface area contributed by atoms with E-state index in [2.05, 4.69) is 4.98 Å². The van der Waals surface area contributed by atoms with Crippen LogP contribution in [0.3, 0.4) is 0 Å². The number of ether oxygens (including phenoxy) is 1. The molecule has 6 nitrogen and oxygen atoms in total. The zero-order chi connectivity index (χ0) is 22.5. The van der Waals surface area contributed by atoms with Gasteiger partial charge in [-0.2, -0.15) is 0 Å². The van der Waals surface area contributed by atoms with Gasteiger partial charge in [0.15, 0.2) is 16.8 Å². The molecule has 0 unspecified atom stereocenters. The van der Waals surface area contributed by atoms with E-state index in [1.165, 1.54) is 12.1 Å². The van der Waals surface area contributed by atoms with Gasteiger partial charge in [0.05, 0.1) is 11.2 Å². The molecular formula is C25H24BNO5. The van der Waals surface area contributed by atoms with Crippen LogP contribution >= 0.6 is 0 Å². The van der Waals surface area contributed by atoms with Crippen LogP contribution in [-0.4, -0.2) is 23.3 Å². The van der Waals surface area contributed by atoms with Crippen LogP contribution < -0.4 is 15.6 Å². The summed E-state index contributed by atoms with van der Waals surface area (Å²) in [4.78, 5) is 16.2. The van der Waals surface area contributed by atoms with Crippen molar-refractivity contribution in [2.24, 2.45) is 0 Å². The molecule has 0 amide bonds. The summed E-state index contributed by atoms with van der Waals surface area (Å²) in [6.45, 7) is 8.50. The molecule has 32 heavy (non-hydrogen) atoms. The van der Waals surface area contributed by atoms with Gasteiger partial charge in [0, 0.05) is 12.1 Å². The van der Waals surface area contributed by atoms with E-state index in [0.29, 0.717) is 34.9 Å². The van der Waals surface area contributed by atoms with Crippen molar-refractivity contribution in [3.63, 3.8) is 0 Å². The number of hydrogen-bond acceptors (Lipinski definition) is 6. The maximum atomic E-state index is 11.6. The van der Waals surface area contributed by atoms with Crippen molar-refractivity contribution in [2.45, 2.75) is 45.5 Å². The van der Waals surface area contributed by atoms with Crippen LogP contribution in [-0.2, 0) is 15.9 Å². The molecule has 2 aromatic rings. The van der Waals surface area contributed by atoms with E-state index in [1.807, 2.05) is 64.1 Å². The molecule has 3 aliphatic rings. The van der Waals surface area contributed by atoms with Crippen molar-refractivity contribution in [3.8, 4) is 17.2 Å². The van der Waals surface area contributed by atoms with Gasteiger partial charge in [-0.05, 0) is 63.0 Å². The van der Waals surface area contributed by atoms with Gasteiger partial charge in [-0.25, -0.2) is 4.98 Å². The molecule has 0 atom stereocenters. The number of aromatic nitrogens is 1. The minimum absolute atomic E-state index is 0.117. The molecule has 0 saturated carbocycles. The maximum Gasteiger partial charge on any atom is 0.495 e. The largest absolute Gasteiger partial charge is 0.495 e. The minimum Gasteiger partial charge on any atom is -0.489 e. The normalized spacial score (nSPS) is 17.2. The van der Waals surface area contributed by atoms with E-state index in [4.69, 9.17) is 18.5 Å². The fourth-order valence-corrected chi connectivity index (χ4v) is 3.70. The number of benzene rings is 3. The van der Waals surface area contributed by atoms with Gasteiger partial charge in [0.2, 0.25) is 0 Å². The van der Waals surface area contributed by atoms with Crippen LogP contribution in [0.5, 0.6) is 5.75 Å². The van der Waals surface area contributed by atoms with Gasteiger partial charge >= 0.3 is 7.12 Å². The zero-order valence-corrected chi connectivity index (χ0v) is 18.5. The van der Waals surface area contributed by atoms with Crippen molar-refractivity contribution in [1.82, 2.24) is 4.98 Å². The molecule has 1 saturated heterocycles. The topological polar surface area (TPSA) is 70.8 Å². The summed E-state index contributed by atoms with van der Waals surface area (Å²) in [5.74, 6) is 1.10. The molecule has 1 fully saturated rings. The molecule has 1 aliphatic carbocycles. The van der Waals surface area contributed by atoms with Crippen molar-refractivity contribution < 1.29 is 18.5 Å². The second kappa shape index (κ2) is 7.47. The fourth-order valence-electron chi connectivity index (χ4n) is 3.70. The van der Waals surface area contributed by atoms with Crippen molar-refractivity contribution in [1.29, 1.82) is 0 Å².